The van der Waals surface area contributed by atoms with Gasteiger partial charge >= 0.3 is 0 Å². The Morgan fingerprint density at radius 1 is 1.18 bits per heavy atom. The Labute approximate surface area is 129 Å². The zero-order chi connectivity index (χ0) is 15.7. The van der Waals surface area contributed by atoms with E-state index in [4.69, 9.17) is 0 Å². The largest absolute Gasteiger partial charge is 0.379 e. The summed E-state index contributed by atoms with van der Waals surface area (Å²) >= 11 is 0. The van der Waals surface area contributed by atoms with Crippen LogP contribution in [0.1, 0.15) is 35.3 Å². The first-order valence-corrected chi connectivity index (χ1v) is 7.33. The molecule has 0 spiro atoms. The molecule has 2 nitrogen and oxygen atoms in total. The summed E-state index contributed by atoms with van der Waals surface area (Å²) in [4.78, 5) is 12.4. The summed E-state index contributed by atoms with van der Waals surface area (Å²) in [6.45, 7) is 4.09. The Morgan fingerprint density at radius 3 is 2.64 bits per heavy atom. The van der Waals surface area contributed by atoms with Crippen LogP contribution in [-0.4, -0.2) is 11.3 Å². The van der Waals surface area contributed by atoms with Crippen LogP contribution in [0.4, 0.5) is 4.39 Å². The molecule has 2 aromatic carbocycles. The van der Waals surface area contributed by atoms with Gasteiger partial charge in [0, 0.05) is 28.4 Å². The maximum Gasteiger partial charge on any atom is 0.187 e. The van der Waals surface area contributed by atoms with Crippen molar-refractivity contribution in [3.8, 4) is 0 Å². The third kappa shape index (κ3) is 2.93. The van der Waals surface area contributed by atoms with E-state index in [1.165, 1.54) is 6.07 Å². The summed E-state index contributed by atoms with van der Waals surface area (Å²) < 4.78 is 13.5. The Bertz CT molecular complexity index is 747. The van der Waals surface area contributed by atoms with Gasteiger partial charge in [0.05, 0.1) is 0 Å². The summed E-state index contributed by atoms with van der Waals surface area (Å²) in [5, 5.41) is 3.39. The highest BCUT2D eigenvalue weighted by molar-refractivity contribution is 6.08. The van der Waals surface area contributed by atoms with Gasteiger partial charge in [0.15, 0.2) is 5.78 Å². The van der Waals surface area contributed by atoms with E-state index in [0.29, 0.717) is 5.56 Å². The maximum atomic E-state index is 13.5. The minimum Gasteiger partial charge on any atom is -0.379 e. The molecule has 0 aromatic heterocycles. The predicted molar refractivity (Wildman–Crippen MR) is 86.1 cm³/mol. The third-order valence-electron chi connectivity index (χ3n) is 3.80. The second kappa shape index (κ2) is 5.41. The average molecular weight is 295 g/mol. The van der Waals surface area contributed by atoms with E-state index in [1.807, 2.05) is 32.0 Å². The molecule has 0 bridgehead atoms. The molecular formula is C19H18FNO. The molecule has 1 N–H and O–H groups in total. The van der Waals surface area contributed by atoms with Crippen LogP contribution in [0, 0.1) is 5.82 Å². The fourth-order valence-corrected chi connectivity index (χ4v) is 2.85. The normalized spacial score (nSPS) is 17.7. The van der Waals surface area contributed by atoms with Gasteiger partial charge in [-0.05, 0) is 44.0 Å². The molecule has 0 aliphatic carbocycles. The molecule has 3 rings (SSSR count). The molecule has 0 saturated carbocycles. The molecule has 0 radical (unpaired) electrons. The van der Waals surface area contributed by atoms with E-state index in [2.05, 4.69) is 5.32 Å². The zero-order valence-electron chi connectivity index (χ0n) is 12.7. The second-order valence-corrected chi connectivity index (χ2v) is 6.28. The third-order valence-corrected chi connectivity index (χ3v) is 3.80. The van der Waals surface area contributed by atoms with Crippen molar-refractivity contribution in [1.29, 1.82) is 0 Å². The van der Waals surface area contributed by atoms with Gasteiger partial charge in [0.25, 0.3) is 0 Å². The maximum absolute atomic E-state index is 13.5. The molecule has 0 atom stereocenters. The topological polar surface area (TPSA) is 29.1 Å². The Kier molecular flexibility index (Phi) is 3.57. The second-order valence-electron chi connectivity index (χ2n) is 6.28. The van der Waals surface area contributed by atoms with Crippen LogP contribution in [0.3, 0.4) is 0 Å². The van der Waals surface area contributed by atoms with Gasteiger partial charge in [-0.2, -0.15) is 0 Å². The summed E-state index contributed by atoms with van der Waals surface area (Å²) in [6.07, 6.45) is 2.32. The van der Waals surface area contributed by atoms with Crippen LogP contribution in [0.2, 0.25) is 0 Å². The first kappa shape index (κ1) is 14.5. The van der Waals surface area contributed by atoms with Gasteiger partial charge in [-0.1, -0.05) is 30.3 Å². The highest BCUT2D eigenvalue weighted by atomic mass is 19.1. The Hall–Kier alpha value is -2.42. The van der Waals surface area contributed by atoms with E-state index < -0.39 is 0 Å². The number of ketones is 1. The Balaban J connectivity index is 2.03. The van der Waals surface area contributed by atoms with Crippen LogP contribution in [0.5, 0.6) is 0 Å². The van der Waals surface area contributed by atoms with Crippen molar-refractivity contribution in [1.82, 2.24) is 5.32 Å². The highest BCUT2D eigenvalue weighted by Gasteiger charge is 2.28. The number of allylic oxidation sites excluding steroid dienone is 1. The molecule has 0 saturated heterocycles. The number of rotatable bonds is 2. The summed E-state index contributed by atoms with van der Waals surface area (Å²) in [5.41, 5.74) is 2.99. The Morgan fingerprint density at radius 2 is 1.91 bits per heavy atom. The monoisotopic (exact) mass is 295 g/mol. The number of fused-ring (bicyclic) bond motifs is 1. The van der Waals surface area contributed by atoms with E-state index in [9.17, 15) is 9.18 Å². The number of halogens is 1. The lowest BCUT2D eigenvalue weighted by molar-refractivity contribution is 0.104. The quantitative estimate of drug-likeness (QED) is 0.671. The van der Waals surface area contributed by atoms with Gasteiger partial charge < -0.3 is 5.32 Å². The van der Waals surface area contributed by atoms with Crippen LogP contribution in [0.15, 0.2) is 54.6 Å². The van der Waals surface area contributed by atoms with Gasteiger partial charge in [-0.25, -0.2) is 4.39 Å². The van der Waals surface area contributed by atoms with Crippen molar-refractivity contribution in [2.24, 2.45) is 0 Å². The molecule has 22 heavy (non-hydrogen) atoms. The van der Waals surface area contributed by atoms with Crippen molar-refractivity contribution in [3.63, 3.8) is 0 Å². The van der Waals surface area contributed by atoms with Crippen molar-refractivity contribution < 1.29 is 9.18 Å². The van der Waals surface area contributed by atoms with Crippen LogP contribution in [-0.2, 0) is 6.42 Å². The van der Waals surface area contributed by atoms with E-state index >= 15 is 0 Å². The minimum atomic E-state index is -0.245. The van der Waals surface area contributed by atoms with Crippen molar-refractivity contribution in [2.45, 2.75) is 25.8 Å². The highest BCUT2D eigenvalue weighted by Crippen LogP contribution is 2.30. The van der Waals surface area contributed by atoms with Crippen LogP contribution < -0.4 is 5.32 Å². The first-order valence-electron chi connectivity index (χ1n) is 7.33. The fourth-order valence-electron chi connectivity index (χ4n) is 2.85. The fraction of sp³-hybridized carbons (Fsp3) is 0.211. The molecule has 1 aliphatic heterocycles. The van der Waals surface area contributed by atoms with Crippen LogP contribution >= 0.6 is 0 Å². The van der Waals surface area contributed by atoms with E-state index in [0.717, 1.165) is 23.2 Å². The molecule has 0 unspecified atom stereocenters. The average Bonchev–Trinajstić information content (AvgIpc) is 2.46. The van der Waals surface area contributed by atoms with Gasteiger partial charge in [-0.15, -0.1) is 0 Å². The molecule has 112 valence electrons. The van der Waals surface area contributed by atoms with Gasteiger partial charge in [0.2, 0.25) is 0 Å². The zero-order valence-corrected chi connectivity index (χ0v) is 12.7. The molecular weight excluding hydrogens is 277 g/mol. The summed E-state index contributed by atoms with van der Waals surface area (Å²) in [7, 11) is 0. The standard InChI is InChI=1S/C19H18FNO/c1-19(2)12-14-10-15(20)8-9-16(14)17(21-19)11-18(22)13-6-4-3-5-7-13/h3-11,21H,12H2,1-2H3/b17-11-. The number of hydrogen-bond acceptors (Lipinski definition) is 2. The summed E-state index contributed by atoms with van der Waals surface area (Å²) in [6, 6.07) is 13.9. The van der Waals surface area contributed by atoms with Crippen molar-refractivity contribution >= 4 is 11.5 Å². The lowest BCUT2D eigenvalue weighted by atomic mass is 9.85. The minimum absolute atomic E-state index is 0.0592. The van der Waals surface area contributed by atoms with E-state index in [-0.39, 0.29) is 17.1 Å². The van der Waals surface area contributed by atoms with E-state index in [1.54, 1.807) is 30.3 Å². The molecule has 0 fully saturated rings. The first-order chi connectivity index (χ1) is 10.4. The molecule has 2 aromatic rings. The lowest BCUT2D eigenvalue weighted by Crippen LogP contribution is -2.43. The van der Waals surface area contributed by atoms with Gasteiger partial charge in [-0.3, -0.25) is 4.79 Å². The SMILES string of the molecule is CC1(C)Cc2cc(F)ccc2/C(=C/C(=O)c2ccccc2)N1. The lowest BCUT2D eigenvalue weighted by Gasteiger charge is -2.35. The van der Waals surface area contributed by atoms with Crippen molar-refractivity contribution in [2.75, 3.05) is 0 Å². The number of nitrogens with one attached hydrogen (secondary N) is 1. The van der Waals surface area contributed by atoms with Crippen LogP contribution in [0.25, 0.3) is 5.70 Å². The number of carbonyl (C=O) groups excluding carboxylic acids is 1. The van der Waals surface area contributed by atoms with Crippen molar-refractivity contribution in [3.05, 3.63) is 77.1 Å². The number of hydrogen-bond donors (Lipinski definition) is 1. The molecule has 1 aliphatic rings. The van der Waals surface area contributed by atoms with Gasteiger partial charge in [0.1, 0.15) is 5.82 Å². The predicted octanol–water partition coefficient (Wildman–Crippen LogP) is 3.97. The molecule has 1 heterocycles. The smallest absolute Gasteiger partial charge is 0.187 e. The number of carbonyl (C=O) groups is 1. The molecule has 0 amide bonds. The number of benzene rings is 2. The summed E-state index contributed by atoms with van der Waals surface area (Å²) in [5.74, 6) is -0.304. The molecule has 3 heteroatoms.